The zero-order valence-corrected chi connectivity index (χ0v) is 11.8. The van der Waals surface area contributed by atoms with E-state index < -0.39 is 10.2 Å². The van der Waals surface area contributed by atoms with E-state index >= 15 is 0 Å². The molecule has 0 aliphatic carbocycles. The van der Waals surface area contributed by atoms with Crippen molar-refractivity contribution in [2.75, 3.05) is 25.1 Å². The number of hydrogen-bond donors (Lipinski definition) is 1. The van der Waals surface area contributed by atoms with Crippen LogP contribution in [0.4, 0.5) is 0 Å². The Balaban J connectivity index is 3.46. The third kappa shape index (κ3) is 6.97. The van der Waals surface area contributed by atoms with Crippen molar-refractivity contribution in [2.24, 2.45) is 0 Å². The molecule has 0 saturated heterocycles. The van der Waals surface area contributed by atoms with Crippen molar-refractivity contribution in [3.63, 3.8) is 0 Å². The smallest absolute Gasteiger partial charge is 0.202 e. The summed E-state index contributed by atoms with van der Waals surface area (Å²) in [4.78, 5) is 0. The van der Waals surface area contributed by atoms with Crippen LogP contribution < -0.4 is 4.72 Å². The zero-order chi connectivity index (χ0) is 11.0. The molecule has 86 valence electrons. The van der Waals surface area contributed by atoms with Gasteiger partial charge in [0.15, 0.2) is 0 Å². The van der Waals surface area contributed by atoms with E-state index in [-0.39, 0.29) is 0 Å². The Labute approximate surface area is 101 Å². The molecule has 1 N–H and O–H groups in total. The van der Waals surface area contributed by atoms with E-state index in [0.717, 1.165) is 12.8 Å². The Kier molecular flexibility index (Phi) is 8.17. The van der Waals surface area contributed by atoms with Crippen LogP contribution in [0.1, 0.15) is 25.7 Å². The minimum absolute atomic E-state index is 0.543. The van der Waals surface area contributed by atoms with Gasteiger partial charge in [0.2, 0.25) is 0 Å². The average molecular weight is 334 g/mol. The summed E-state index contributed by atoms with van der Waals surface area (Å²) >= 11 is 2.35. The number of nitrogens with one attached hydrogen (secondary N) is 1. The first-order valence-corrected chi connectivity index (χ1v) is 7.70. The number of halogens is 1. The van der Waals surface area contributed by atoms with Crippen LogP contribution in [0, 0.1) is 0 Å². The van der Waals surface area contributed by atoms with E-state index in [9.17, 15) is 8.42 Å². The van der Waals surface area contributed by atoms with Crippen LogP contribution >= 0.6 is 22.6 Å². The van der Waals surface area contributed by atoms with Crippen molar-refractivity contribution >= 4 is 32.8 Å². The van der Waals surface area contributed by atoms with E-state index in [1.165, 1.54) is 35.7 Å². The van der Waals surface area contributed by atoms with Gasteiger partial charge in [0.05, 0.1) is 0 Å². The van der Waals surface area contributed by atoms with Crippen molar-refractivity contribution in [3.8, 4) is 0 Å². The SMILES string of the molecule is CN(C)S(=O)(=O)NCCCCCCI. The fourth-order valence-corrected chi connectivity index (χ4v) is 2.10. The Morgan fingerprint density at radius 2 is 1.71 bits per heavy atom. The first kappa shape index (κ1) is 14.6. The maximum Gasteiger partial charge on any atom is 0.278 e. The van der Waals surface area contributed by atoms with Gasteiger partial charge in [-0.2, -0.15) is 12.7 Å². The topological polar surface area (TPSA) is 49.4 Å². The normalized spacial score (nSPS) is 12.3. The molecule has 0 aromatic heterocycles. The Bertz CT molecular complexity index is 229. The Morgan fingerprint density at radius 1 is 1.14 bits per heavy atom. The molecule has 0 aliphatic heterocycles. The monoisotopic (exact) mass is 334 g/mol. The van der Waals surface area contributed by atoms with Crippen LogP contribution in [-0.4, -0.2) is 37.8 Å². The van der Waals surface area contributed by atoms with Gasteiger partial charge in [0.25, 0.3) is 10.2 Å². The van der Waals surface area contributed by atoms with Crippen molar-refractivity contribution in [1.29, 1.82) is 0 Å². The lowest BCUT2D eigenvalue weighted by atomic mass is 10.2. The predicted octanol–water partition coefficient (Wildman–Crippen LogP) is 1.38. The molecule has 0 atom stereocenters. The third-order valence-electron chi connectivity index (χ3n) is 1.83. The average Bonchev–Trinajstić information content (AvgIpc) is 2.10. The minimum Gasteiger partial charge on any atom is -0.202 e. The van der Waals surface area contributed by atoms with E-state index in [1.54, 1.807) is 0 Å². The standard InChI is InChI=1S/C8H19IN2O2S/c1-11(2)14(12,13)10-8-6-4-3-5-7-9/h10H,3-8H2,1-2H3. The molecular weight excluding hydrogens is 315 g/mol. The molecule has 0 unspecified atom stereocenters. The molecule has 0 bridgehead atoms. The highest BCUT2D eigenvalue weighted by Crippen LogP contribution is 2.01. The summed E-state index contributed by atoms with van der Waals surface area (Å²) in [5.41, 5.74) is 0. The van der Waals surface area contributed by atoms with Gasteiger partial charge in [-0.15, -0.1) is 0 Å². The molecule has 0 radical (unpaired) electrons. The summed E-state index contributed by atoms with van der Waals surface area (Å²) in [5, 5.41) is 0. The van der Waals surface area contributed by atoms with Crippen molar-refractivity contribution in [2.45, 2.75) is 25.7 Å². The summed E-state index contributed by atoms with van der Waals surface area (Å²) in [5.74, 6) is 0. The van der Waals surface area contributed by atoms with Gasteiger partial charge in [-0.05, 0) is 17.3 Å². The lowest BCUT2D eigenvalue weighted by molar-refractivity contribution is 0.502. The lowest BCUT2D eigenvalue weighted by Crippen LogP contribution is -2.36. The number of unbranched alkanes of at least 4 members (excludes halogenated alkanes) is 3. The maximum absolute atomic E-state index is 11.2. The van der Waals surface area contributed by atoms with E-state index in [1.807, 2.05) is 0 Å². The van der Waals surface area contributed by atoms with Crippen LogP contribution in [0.25, 0.3) is 0 Å². The third-order valence-corrected chi connectivity index (χ3v) is 4.12. The predicted molar refractivity (Wildman–Crippen MR) is 68.0 cm³/mol. The molecular formula is C8H19IN2O2S. The molecule has 0 spiro atoms. The van der Waals surface area contributed by atoms with Crippen LogP contribution in [0.2, 0.25) is 0 Å². The molecule has 0 rings (SSSR count). The van der Waals surface area contributed by atoms with Crippen LogP contribution in [0.15, 0.2) is 0 Å². The van der Waals surface area contributed by atoms with Crippen LogP contribution in [0.5, 0.6) is 0 Å². The largest absolute Gasteiger partial charge is 0.278 e. The van der Waals surface area contributed by atoms with Crippen molar-refractivity contribution < 1.29 is 8.42 Å². The van der Waals surface area contributed by atoms with Gasteiger partial charge in [-0.25, -0.2) is 4.72 Å². The van der Waals surface area contributed by atoms with Crippen LogP contribution in [0.3, 0.4) is 0 Å². The second kappa shape index (κ2) is 7.84. The first-order chi connectivity index (χ1) is 6.50. The number of nitrogens with zero attached hydrogens (tertiary/aromatic N) is 1. The molecule has 14 heavy (non-hydrogen) atoms. The summed E-state index contributed by atoms with van der Waals surface area (Å²) in [6, 6.07) is 0. The Hall–Kier alpha value is 0.600. The summed E-state index contributed by atoms with van der Waals surface area (Å²) in [6.07, 6.45) is 4.43. The molecule has 0 aromatic rings. The van der Waals surface area contributed by atoms with Gasteiger partial charge in [0.1, 0.15) is 0 Å². The second-order valence-electron chi connectivity index (χ2n) is 3.28. The molecule has 0 aliphatic rings. The molecule has 0 fully saturated rings. The number of hydrogen-bond acceptors (Lipinski definition) is 2. The zero-order valence-electron chi connectivity index (χ0n) is 8.79. The van der Waals surface area contributed by atoms with Gasteiger partial charge in [0, 0.05) is 20.6 Å². The van der Waals surface area contributed by atoms with E-state index in [4.69, 9.17) is 0 Å². The molecule has 0 heterocycles. The minimum atomic E-state index is -3.21. The van der Waals surface area contributed by atoms with Crippen molar-refractivity contribution in [1.82, 2.24) is 9.03 Å². The Morgan fingerprint density at radius 3 is 2.21 bits per heavy atom. The highest BCUT2D eigenvalue weighted by molar-refractivity contribution is 14.1. The fourth-order valence-electron chi connectivity index (χ4n) is 0.903. The maximum atomic E-state index is 11.2. The molecule has 0 saturated carbocycles. The molecule has 4 nitrogen and oxygen atoms in total. The fraction of sp³-hybridized carbons (Fsp3) is 1.00. The van der Waals surface area contributed by atoms with E-state index in [0.29, 0.717) is 6.54 Å². The van der Waals surface area contributed by atoms with Gasteiger partial charge >= 0.3 is 0 Å². The van der Waals surface area contributed by atoms with Crippen molar-refractivity contribution in [3.05, 3.63) is 0 Å². The van der Waals surface area contributed by atoms with Gasteiger partial charge < -0.3 is 0 Å². The highest BCUT2D eigenvalue weighted by atomic mass is 127. The summed E-state index contributed by atoms with van der Waals surface area (Å²) in [7, 11) is -0.157. The summed E-state index contributed by atoms with van der Waals surface area (Å²) < 4.78 is 27.4. The summed E-state index contributed by atoms with van der Waals surface area (Å²) in [6.45, 7) is 0.543. The van der Waals surface area contributed by atoms with Crippen LogP contribution in [-0.2, 0) is 10.2 Å². The highest BCUT2D eigenvalue weighted by Gasteiger charge is 2.10. The molecule has 6 heteroatoms. The van der Waals surface area contributed by atoms with Gasteiger partial charge in [-0.3, -0.25) is 0 Å². The molecule has 0 aromatic carbocycles. The quantitative estimate of drug-likeness (QED) is 0.414. The van der Waals surface area contributed by atoms with E-state index in [2.05, 4.69) is 27.3 Å². The number of alkyl halides is 1. The van der Waals surface area contributed by atoms with Gasteiger partial charge in [-0.1, -0.05) is 35.4 Å². The first-order valence-electron chi connectivity index (χ1n) is 4.74. The lowest BCUT2D eigenvalue weighted by Gasteiger charge is -2.11. The number of rotatable bonds is 8. The second-order valence-corrected chi connectivity index (χ2v) is 6.33. The molecule has 0 amide bonds.